The Morgan fingerprint density at radius 3 is 2.69 bits per heavy atom. The van der Waals surface area contributed by atoms with Crippen LogP contribution in [0, 0.1) is 0 Å². The van der Waals surface area contributed by atoms with E-state index in [2.05, 4.69) is 17.5 Å². The zero-order valence-corrected chi connectivity index (χ0v) is 8.05. The number of urea groups is 1. The largest absolute Gasteiger partial charge is 0.350 e. The van der Waals surface area contributed by atoms with Gasteiger partial charge in [0.25, 0.3) is 0 Å². The van der Waals surface area contributed by atoms with Crippen LogP contribution in [0.3, 0.4) is 0 Å². The number of hydrogen-bond acceptors (Lipinski definition) is 2. The molecule has 1 rings (SSSR count). The number of hydrogen-bond donors (Lipinski definition) is 2. The SMILES string of the molecule is CC1=C(/C(C)=N/NC(N)=O)CCC1. The third-order valence-electron chi connectivity index (χ3n) is 2.26. The van der Waals surface area contributed by atoms with E-state index < -0.39 is 6.03 Å². The van der Waals surface area contributed by atoms with Gasteiger partial charge >= 0.3 is 6.03 Å². The minimum Gasteiger partial charge on any atom is -0.350 e. The number of nitrogens with zero attached hydrogens (tertiary/aromatic N) is 1. The summed E-state index contributed by atoms with van der Waals surface area (Å²) in [5, 5.41) is 3.89. The third kappa shape index (κ3) is 2.57. The summed E-state index contributed by atoms with van der Waals surface area (Å²) in [6.45, 7) is 3.99. The Bertz CT molecular complexity index is 279. The Morgan fingerprint density at radius 1 is 1.54 bits per heavy atom. The predicted octanol–water partition coefficient (Wildman–Crippen LogP) is 1.53. The molecule has 4 nitrogen and oxygen atoms in total. The van der Waals surface area contributed by atoms with Crippen LogP contribution in [-0.2, 0) is 0 Å². The second-order valence-corrected chi connectivity index (χ2v) is 3.29. The molecule has 3 N–H and O–H groups in total. The minimum atomic E-state index is -0.615. The van der Waals surface area contributed by atoms with Gasteiger partial charge in [0.1, 0.15) is 0 Å². The highest BCUT2D eigenvalue weighted by atomic mass is 16.2. The normalized spacial score (nSPS) is 17.8. The second kappa shape index (κ2) is 4.07. The Morgan fingerprint density at radius 2 is 2.23 bits per heavy atom. The summed E-state index contributed by atoms with van der Waals surface area (Å²) in [6.07, 6.45) is 3.38. The molecular formula is C9H15N3O. The summed E-state index contributed by atoms with van der Waals surface area (Å²) < 4.78 is 0. The van der Waals surface area contributed by atoms with Crippen molar-refractivity contribution < 1.29 is 4.79 Å². The van der Waals surface area contributed by atoms with E-state index in [9.17, 15) is 4.79 Å². The highest BCUT2D eigenvalue weighted by Crippen LogP contribution is 2.26. The lowest BCUT2D eigenvalue weighted by Crippen LogP contribution is -2.25. The first kappa shape index (κ1) is 9.77. The molecule has 0 spiro atoms. The Kier molecular flexibility index (Phi) is 3.06. The predicted molar refractivity (Wildman–Crippen MR) is 52.4 cm³/mol. The van der Waals surface area contributed by atoms with E-state index in [1.807, 2.05) is 6.92 Å². The highest BCUT2D eigenvalue weighted by molar-refractivity contribution is 5.99. The summed E-state index contributed by atoms with van der Waals surface area (Å²) in [7, 11) is 0. The monoisotopic (exact) mass is 181 g/mol. The highest BCUT2D eigenvalue weighted by Gasteiger charge is 2.12. The molecule has 4 heteroatoms. The van der Waals surface area contributed by atoms with Gasteiger partial charge in [0.15, 0.2) is 0 Å². The lowest BCUT2D eigenvalue weighted by Gasteiger charge is -2.02. The molecule has 0 aliphatic heterocycles. The molecule has 72 valence electrons. The molecule has 0 aromatic heterocycles. The van der Waals surface area contributed by atoms with Crippen LogP contribution >= 0.6 is 0 Å². The number of primary amides is 1. The summed E-state index contributed by atoms with van der Waals surface area (Å²) >= 11 is 0. The van der Waals surface area contributed by atoms with Crippen molar-refractivity contribution in [1.29, 1.82) is 0 Å². The van der Waals surface area contributed by atoms with E-state index in [-0.39, 0.29) is 0 Å². The molecule has 0 bridgehead atoms. The standard InChI is InChI=1S/C9H15N3O/c1-6-4-3-5-8(6)7(2)11-12-9(10)13/h3-5H2,1-2H3,(H3,10,12,13)/b11-7+. The minimum absolute atomic E-state index is 0.615. The number of nitrogens with one attached hydrogen (secondary N) is 1. The summed E-state index contributed by atoms with van der Waals surface area (Å²) in [5.74, 6) is 0. The second-order valence-electron chi connectivity index (χ2n) is 3.29. The molecule has 0 radical (unpaired) electrons. The molecule has 0 saturated carbocycles. The van der Waals surface area contributed by atoms with Gasteiger partial charge in [-0.1, -0.05) is 5.57 Å². The van der Waals surface area contributed by atoms with Crippen LogP contribution in [0.4, 0.5) is 4.79 Å². The smallest absolute Gasteiger partial charge is 0.332 e. The number of amides is 2. The number of carbonyl (C=O) groups excluding carboxylic acids is 1. The maximum Gasteiger partial charge on any atom is 0.332 e. The van der Waals surface area contributed by atoms with E-state index >= 15 is 0 Å². The number of rotatable bonds is 2. The van der Waals surface area contributed by atoms with Gasteiger partial charge in [-0.2, -0.15) is 5.10 Å². The first-order valence-electron chi connectivity index (χ1n) is 4.40. The van der Waals surface area contributed by atoms with Gasteiger partial charge in [-0.3, -0.25) is 0 Å². The molecule has 0 aromatic carbocycles. The van der Waals surface area contributed by atoms with Crippen LogP contribution in [0.2, 0.25) is 0 Å². The average Bonchev–Trinajstić information content (AvgIpc) is 2.47. The van der Waals surface area contributed by atoms with Crippen molar-refractivity contribution in [3.8, 4) is 0 Å². The maximum absolute atomic E-state index is 10.4. The molecule has 0 aromatic rings. The number of nitrogens with two attached hydrogens (primary N) is 1. The Labute approximate surface area is 77.9 Å². The fourth-order valence-electron chi connectivity index (χ4n) is 1.59. The van der Waals surface area contributed by atoms with Crippen LogP contribution < -0.4 is 11.2 Å². The molecule has 0 atom stereocenters. The molecular weight excluding hydrogens is 166 g/mol. The van der Waals surface area contributed by atoms with Crippen LogP contribution in [0.25, 0.3) is 0 Å². The van der Waals surface area contributed by atoms with Gasteiger partial charge in [-0.15, -0.1) is 0 Å². The van der Waals surface area contributed by atoms with Crippen molar-refractivity contribution in [2.45, 2.75) is 33.1 Å². The molecule has 1 aliphatic carbocycles. The van der Waals surface area contributed by atoms with E-state index in [1.165, 1.54) is 17.6 Å². The molecule has 13 heavy (non-hydrogen) atoms. The quantitative estimate of drug-likeness (QED) is 0.492. The number of carbonyl (C=O) groups is 1. The zero-order chi connectivity index (χ0) is 9.84. The first-order valence-corrected chi connectivity index (χ1v) is 4.40. The third-order valence-corrected chi connectivity index (χ3v) is 2.26. The Hall–Kier alpha value is -1.32. The zero-order valence-electron chi connectivity index (χ0n) is 8.05. The van der Waals surface area contributed by atoms with Crippen molar-refractivity contribution in [3.63, 3.8) is 0 Å². The van der Waals surface area contributed by atoms with E-state index in [1.54, 1.807) is 0 Å². The van der Waals surface area contributed by atoms with Gasteiger partial charge in [0.05, 0.1) is 5.71 Å². The lowest BCUT2D eigenvalue weighted by atomic mass is 10.1. The van der Waals surface area contributed by atoms with E-state index in [0.717, 1.165) is 18.6 Å². The van der Waals surface area contributed by atoms with Crippen LogP contribution in [0.1, 0.15) is 33.1 Å². The van der Waals surface area contributed by atoms with Crippen molar-refractivity contribution in [3.05, 3.63) is 11.1 Å². The van der Waals surface area contributed by atoms with Gasteiger partial charge in [0.2, 0.25) is 0 Å². The average molecular weight is 181 g/mol. The molecule has 0 unspecified atom stereocenters. The first-order chi connectivity index (χ1) is 6.11. The van der Waals surface area contributed by atoms with Crippen molar-refractivity contribution in [2.24, 2.45) is 10.8 Å². The van der Waals surface area contributed by atoms with Gasteiger partial charge in [0, 0.05) is 0 Å². The summed E-state index contributed by atoms with van der Waals surface area (Å²) in [6, 6.07) is -0.615. The van der Waals surface area contributed by atoms with Crippen LogP contribution in [-0.4, -0.2) is 11.7 Å². The van der Waals surface area contributed by atoms with Crippen molar-refractivity contribution in [2.75, 3.05) is 0 Å². The molecule has 1 aliphatic rings. The molecule has 0 heterocycles. The van der Waals surface area contributed by atoms with Gasteiger partial charge in [-0.05, 0) is 38.7 Å². The molecule has 0 saturated heterocycles. The molecule has 2 amide bonds. The van der Waals surface area contributed by atoms with Crippen LogP contribution in [0.5, 0.6) is 0 Å². The maximum atomic E-state index is 10.4. The topological polar surface area (TPSA) is 67.5 Å². The lowest BCUT2D eigenvalue weighted by molar-refractivity contribution is 0.249. The fraction of sp³-hybridized carbons (Fsp3) is 0.556. The van der Waals surface area contributed by atoms with Crippen molar-refractivity contribution in [1.82, 2.24) is 5.43 Å². The van der Waals surface area contributed by atoms with E-state index in [4.69, 9.17) is 5.73 Å². The van der Waals surface area contributed by atoms with Crippen LogP contribution in [0.15, 0.2) is 16.2 Å². The fourth-order valence-corrected chi connectivity index (χ4v) is 1.59. The Balaban J connectivity index is 2.66. The van der Waals surface area contributed by atoms with Gasteiger partial charge < -0.3 is 5.73 Å². The number of allylic oxidation sites excluding steroid dienone is 2. The summed E-state index contributed by atoms with van der Waals surface area (Å²) in [4.78, 5) is 10.4. The van der Waals surface area contributed by atoms with E-state index in [0.29, 0.717) is 0 Å². The number of hydrazone groups is 1. The van der Waals surface area contributed by atoms with Crippen molar-refractivity contribution >= 4 is 11.7 Å². The van der Waals surface area contributed by atoms with Gasteiger partial charge in [-0.25, -0.2) is 10.2 Å². The summed E-state index contributed by atoms with van der Waals surface area (Å²) in [5.41, 5.74) is 10.6. The molecule has 0 fully saturated rings.